The molecular formula is C68H126N2O7P+. The van der Waals surface area contributed by atoms with Crippen LogP contribution >= 0.6 is 7.82 Å². The van der Waals surface area contributed by atoms with Gasteiger partial charge in [-0.25, -0.2) is 4.57 Å². The van der Waals surface area contributed by atoms with E-state index in [1.54, 1.807) is 0 Å². The number of amides is 1. The number of nitrogens with zero attached hydrogens (tertiary/aromatic N) is 1. The van der Waals surface area contributed by atoms with E-state index in [1.807, 2.05) is 33.3 Å². The SMILES string of the molecule is CC/C=C/C/C=C/CCCCCCCCCC(=O)NC(COP(=O)(O)OCC[N+](C)(C)C)C(/C=C\CCCCCCCCCCC)OC(=O)CCCCCCCCCCCCCCCC/C=C\C/C=C\C/C=C\CCCCC. The summed E-state index contributed by atoms with van der Waals surface area (Å²) in [5.41, 5.74) is 0. The number of hydrogen-bond acceptors (Lipinski definition) is 6. The summed E-state index contributed by atoms with van der Waals surface area (Å²) in [5, 5.41) is 3.05. The molecule has 0 aromatic heterocycles. The van der Waals surface area contributed by atoms with Crippen LogP contribution in [0.1, 0.15) is 297 Å². The first-order chi connectivity index (χ1) is 37.9. The van der Waals surface area contributed by atoms with Crippen molar-refractivity contribution in [2.75, 3.05) is 40.9 Å². The zero-order valence-electron chi connectivity index (χ0n) is 51.9. The topological polar surface area (TPSA) is 111 Å². The smallest absolute Gasteiger partial charge is 0.456 e. The first kappa shape index (κ1) is 75.5. The Labute approximate surface area is 483 Å². The summed E-state index contributed by atoms with van der Waals surface area (Å²) in [4.78, 5) is 37.7. The van der Waals surface area contributed by atoms with Crippen molar-refractivity contribution in [3.8, 4) is 0 Å². The highest BCUT2D eigenvalue weighted by molar-refractivity contribution is 7.47. The van der Waals surface area contributed by atoms with Gasteiger partial charge in [0.05, 0.1) is 33.8 Å². The van der Waals surface area contributed by atoms with E-state index in [2.05, 4.69) is 86.8 Å². The maximum atomic E-state index is 13.5. The molecule has 3 unspecified atom stereocenters. The number of hydrogen-bond donors (Lipinski definition) is 2. The van der Waals surface area contributed by atoms with E-state index in [9.17, 15) is 19.0 Å². The highest BCUT2D eigenvalue weighted by atomic mass is 31.2. The van der Waals surface area contributed by atoms with Gasteiger partial charge in [0.1, 0.15) is 19.3 Å². The summed E-state index contributed by atoms with van der Waals surface area (Å²) >= 11 is 0. The lowest BCUT2D eigenvalue weighted by molar-refractivity contribution is -0.870. The summed E-state index contributed by atoms with van der Waals surface area (Å²) in [6, 6.07) is -0.853. The predicted octanol–water partition coefficient (Wildman–Crippen LogP) is 20.4. The molecule has 0 saturated carbocycles. The number of carbonyl (C=O) groups excluding carboxylic acids is 2. The third-order valence-electron chi connectivity index (χ3n) is 14.4. The number of esters is 1. The van der Waals surface area contributed by atoms with Crippen molar-refractivity contribution < 1.29 is 37.3 Å². The molecule has 0 aliphatic rings. The monoisotopic (exact) mass is 1110 g/mol. The number of nitrogens with one attached hydrogen (secondary N) is 1. The Balaban J connectivity index is 5.00. The number of allylic oxidation sites excluding steroid dienone is 11. The number of rotatable bonds is 59. The third kappa shape index (κ3) is 58.1. The van der Waals surface area contributed by atoms with E-state index in [-0.39, 0.29) is 31.5 Å². The number of phosphoric acid groups is 1. The average Bonchev–Trinajstić information content (AvgIpc) is 3.40. The Morgan fingerprint density at radius 3 is 1.26 bits per heavy atom. The van der Waals surface area contributed by atoms with Gasteiger partial charge in [0, 0.05) is 12.8 Å². The summed E-state index contributed by atoms with van der Waals surface area (Å²) < 4.78 is 30.7. The van der Waals surface area contributed by atoms with Gasteiger partial charge >= 0.3 is 13.8 Å². The summed E-state index contributed by atoms with van der Waals surface area (Å²) in [6.07, 6.45) is 74.8. The molecule has 0 spiro atoms. The van der Waals surface area contributed by atoms with Crippen molar-refractivity contribution >= 4 is 19.7 Å². The van der Waals surface area contributed by atoms with Crippen LogP contribution in [0.2, 0.25) is 0 Å². The van der Waals surface area contributed by atoms with Crippen molar-refractivity contribution in [1.82, 2.24) is 5.32 Å². The standard InChI is InChI=1S/C68H125N2O7P/c1-7-10-13-16-19-22-25-27-29-30-31-32-33-34-35-36-37-38-39-40-41-43-46-49-52-55-58-61-68(72)77-66(59-56-53-50-47-44-24-21-18-15-12-9-3)65(64-76-78(73,74)75-63-62-70(4,5)6)69-67(71)60-57-54-51-48-45-42-28-26-23-20-17-14-11-8-2/h11,14,19-20,22-23,27,29,31-32,56,59,65-66H,7-10,12-13,15-18,21,24-26,28,30,33-55,57-58,60-64H2,1-6H3,(H-,69,71,73,74)/p+1/b14-11+,22-19-,23-20+,29-27-,32-31-,59-56-. The molecule has 3 atom stereocenters. The fraction of sp³-hybridized carbons (Fsp3) is 0.794. The van der Waals surface area contributed by atoms with Gasteiger partial charge in [-0.15, -0.1) is 0 Å². The highest BCUT2D eigenvalue weighted by Crippen LogP contribution is 2.43. The molecule has 78 heavy (non-hydrogen) atoms. The Hall–Kier alpha value is -2.55. The molecule has 1 amide bonds. The van der Waals surface area contributed by atoms with Gasteiger partial charge < -0.3 is 19.4 Å². The Morgan fingerprint density at radius 1 is 0.462 bits per heavy atom. The molecule has 0 rings (SSSR count). The normalized spacial score (nSPS) is 14.1. The van der Waals surface area contributed by atoms with Crippen LogP contribution in [0.25, 0.3) is 0 Å². The van der Waals surface area contributed by atoms with E-state index < -0.39 is 20.0 Å². The lowest BCUT2D eigenvalue weighted by atomic mass is 10.0. The maximum Gasteiger partial charge on any atom is 0.472 e. The molecule has 454 valence electrons. The van der Waals surface area contributed by atoms with Crippen LogP contribution in [0.15, 0.2) is 72.9 Å². The largest absolute Gasteiger partial charge is 0.472 e. The van der Waals surface area contributed by atoms with Crippen LogP contribution in [-0.2, 0) is 27.9 Å². The quantitative estimate of drug-likeness (QED) is 0.0205. The first-order valence-corrected chi connectivity index (χ1v) is 34.3. The molecule has 0 saturated heterocycles. The van der Waals surface area contributed by atoms with Crippen LogP contribution in [-0.4, -0.2) is 74.3 Å². The molecule has 0 fully saturated rings. The molecule has 9 nitrogen and oxygen atoms in total. The van der Waals surface area contributed by atoms with E-state index in [4.69, 9.17) is 13.8 Å². The summed E-state index contributed by atoms with van der Waals surface area (Å²) in [5.74, 6) is -0.511. The number of phosphoric ester groups is 1. The van der Waals surface area contributed by atoms with E-state index in [0.29, 0.717) is 17.4 Å². The number of quaternary nitrogens is 1. The lowest BCUT2D eigenvalue weighted by Gasteiger charge is -2.27. The van der Waals surface area contributed by atoms with Gasteiger partial charge in [-0.2, -0.15) is 0 Å². The summed E-state index contributed by atoms with van der Waals surface area (Å²) in [6.45, 7) is 6.88. The van der Waals surface area contributed by atoms with E-state index in [1.165, 1.54) is 167 Å². The van der Waals surface area contributed by atoms with Gasteiger partial charge in [0.25, 0.3) is 0 Å². The fourth-order valence-corrected chi connectivity index (χ4v) is 10.1. The third-order valence-corrected chi connectivity index (χ3v) is 15.4. The van der Waals surface area contributed by atoms with E-state index >= 15 is 0 Å². The van der Waals surface area contributed by atoms with Gasteiger partial charge in [-0.05, 0) is 96.0 Å². The molecular weight excluding hydrogens is 988 g/mol. The van der Waals surface area contributed by atoms with Crippen molar-refractivity contribution in [2.24, 2.45) is 0 Å². The minimum Gasteiger partial charge on any atom is -0.456 e. The molecule has 0 heterocycles. The van der Waals surface area contributed by atoms with Crippen LogP contribution in [0, 0.1) is 0 Å². The highest BCUT2D eigenvalue weighted by Gasteiger charge is 2.30. The van der Waals surface area contributed by atoms with Crippen LogP contribution in [0.4, 0.5) is 0 Å². The van der Waals surface area contributed by atoms with Crippen LogP contribution < -0.4 is 5.32 Å². The number of likely N-dealkylation sites (N-methyl/N-ethyl adjacent to an activating group) is 1. The second kappa shape index (κ2) is 57.7. The zero-order chi connectivity index (χ0) is 57.2. The van der Waals surface area contributed by atoms with Gasteiger partial charge in [0.15, 0.2) is 0 Å². The van der Waals surface area contributed by atoms with Gasteiger partial charge in [-0.1, -0.05) is 261 Å². The maximum absolute atomic E-state index is 13.5. The molecule has 2 N–H and O–H groups in total. The minimum atomic E-state index is -4.45. The molecule has 0 aliphatic heterocycles. The number of ether oxygens (including phenoxy) is 1. The zero-order valence-corrected chi connectivity index (χ0v) is 52.8. The summed E-state index contributed by atoms with van der Waals surface area (Å²) in [7, 11) is 1.49. The predicted molar refractivity (Wildman–Crippen MR) is 337 cm³/mol. The molecule has 0 aromatic carbocycles. The molecule has 0 aliphatic carbocycles. The van der Waals surface area contributed by atoms with Crippen LogP contribution in [0.3, 0.4) is 0 Å². The van der Waals surface area contributed by atoms with Crippen molar-refractivity contribution in [1.29, 1.82) is 0 Å². The first-order valence-electron chi connectivity index (χ1n) is 32.8. The Kier molecular flexibility index (Phi) is 55.8. The molecule has 0 radical (unpaired) electrons. The Bertz CT molecular complexity index is 1570. The van der Waals surface area contributed by atoms with Crippen molar-refractivity contribution in [3.05, 3.63) is 72.9 Å². The second-order valence-corrected chi connectivity index (χ2v) is 24.7. The fourth-order valence-electron chi connectivity index (χ4n) is 9.34. The molecule has 0 aromatic rings. The minimum absolute atomic E-state index is 0.0372. The number of carbonyl (C=O) groups is 2. The van der Waals surface area contributed by atoms with Crippen LogP contribution in [0.5, 0.6) is 0 Å². The Morgan fingerprint density at radius 2 is 0.821 bits per heavy atom. The lowest BCUT2D eigenvalue weighted by Crippen LogP contribution is -2.47. The average molecular weight is 1110 g/mol. The van der Waals surface area contributed by atoms with Crippen molar-refractivity contribution in [2.45, 2.75) is 309 Å². The van der Waals surface area contributed by atoms with Crippen molar-refractivity contribution in [3.63, 3.8) is 0 Å². The molecule has 10 heteroatoms. The molecule has 0 bridgehead atoms. The van der Waals surface area contributed by atoms with Gasteiger partial charge in [0.2, 0.25) is 5.91 Å². The number of unbranched alkanes of at least 4 members (excludes halogenated alkanes) is 33. The van der Waals surface area contributed by atoms with Gasteiger partial charge in [-0.3, -0.25) is 18.6 Å². The second-order valence-electron chi connectivity index (χ2n) is 23.3. The van der Waals surface area contributed by atoms with E-state index in [0.717, 1.165) is 96.3 Å².